The van der Waals surface area contributed by atoms with E-state index >= 15 is 0 Å². The summed E-state index contributed by atoms with van der Waals surface area (Å²) in [5.41, 5.74) is 0. The molecule has 0 amide bonds. The van der Waals surface area contributed by atoms with Crippen molar-refractivity contribution in [1.82, 2.24) is 0 Å². The third-order valence-electron chi connectivity index (χ3n) is 4.07. The van der Waals surface area contributed by atoms with Gasteiger partial charge in [-0.3, -0.25) is 0 Å². The molecule has 2 fully saturated rings. The second-order valence-electron chi connectivity index (χ2n) is 5.56. The van der Waals surface area contributed by atoms with Crippen molar-refractivity contribution in [2.24, 2.45) is 0 Å². The van der Waals surface area contributed by atoms with Gasteiger partial charge in [0.25, 0.3) is 0 Å². The molecule has 0 saturated carbocycles. The maximum absolute atomic E-state index is 10.00. The molecule has 9 atom stereocenters. The summed E-state index contributed by atoms with van der Waals surface area (Å²) >= 11 is 0. The molecule has 0 radical (unpaired) electrons. The van der Waals surface area contributed by atoms with Crippen LogP contribution in [0, 0.1) is 0 Å². The van der Waals surface area contributed by atoms with E-state index in [-0.39, 0.29) is 20.3 Å². The van der Waals surface area contributed by atoms with Gasteiger partial charge in [-0.15, -0.1) is 0 Å². The summed E-state index contributed by atoms with van der Waals surface area (Å²) in [6, 6.07) is 0. The van der Waals surface area contributed by atoms with Gasteiger partial charge in [0.1, 0.15) is 49.3 Å². The van der Waals surface area contributed by atoms with Crippen molar-refractivity contribution in [3.05, 3.63) is 0 Å². The monoisotopic (exact) mass is 350 g/mol. The van der Waals surface area contributed by atoms with Crippen LogP contribution in [-0.4, -0.2) is 115 Å². The fourth-order valence-corrected chi connectivity index (χ4v) is 2.63. The zero-order chi connectivity index (χ0) is 17.4. The van der Waals surface area contributed by atoms with Crippen LogP contribution in [0.25, 0.3) is 0 Å². The van der Waals surface area contributed by atoms with E-state index in [0.29, 0.717) is 0 Å². The topological polar surface area (TPSA) is 190 Å². The van der Waals surface area contributed by atoms with Gasteiger partial charge in [0, 0.05) is 0 Å². The van der Waals surface area contributed by atoms with E-state index in [9.17, 15) is 30.6 Å². The van der Waals surface area contributed by atoms with E-state index in [0.717, 1.165) is 0 Å². The van der Waals surface area contributed by atoms with Crippen LogP contribution >= 0.6 is 0 Å². The van der Waals surface area contributed by atoms with Crippen LogP contribution in [0.3, 0.4) is 0 Å². The van der Waals surface area contributed by atoms with Gasteiger partial charge >= 0.3 is 18.9 Å². The number of rotatable bonds is 5. The van der Waals surface area contributed by atoms with Crippen LogP contribution in [0.15, 0.2) is 0 Å². The van der Waals surface area contributed by atoms with Gasteiger partial charge in [-0.1, -0.05) is 0 Å². The first-order valence-electron chi connectivity index (χ1n) is 7.05. The molecule has 12 heteroatoms. The summed E-state index contributed by atoms with van der Waals surface area (Å²) in [5, 5.41) is 76.7. The normalized spacial score (nSPS) is 49.0. The van der Waals surface area contributed by atoms with Crippen molar-refractivity contribution in [3.63, 3.8) is 0 Å². The molecule has 0 spiro atoms. The number of hydrogen-bond acceptors (Lipinski definition) is 11. The molecule has 2 heterocycles. The maximum Gasteiger partial charge on any atom is 1.00 e. The number of aliphatic hydroxyl groups excluding tert-OH is 8. The van der Waals surface area contributed by atoms with E-state index in [1.54, 1.807) is 0 Å². The van der Waals surface area contributed by atoms with Gasteiger partial charge in [0.15, 0.2) is 6.29 Å². The largest absolute Gasteiger partial charge is 1.00 e. The second-order valence-corrected chi connectivity index (χ2v) is 5.56. The molecule has 138 valence electrons. The minimum atomic E-state index is -2.22. The molecule has 0 unspecified atom stereocenters. The second kappa shape index (κ2) is 8.70. The first kappa shape index (κ1) is 22.2. The Morgan fingerprint density at radius 1 is 0.833 bits per heavy atom. The Labute approximate surface area is 150 Å². The van der Waals surface area contributed by atoms with Gasteiger partial charge in [-0.25, -0.2) is 0 Å². The standard InChI is InChI=1S/C12H22O11.Li.H/c13-1-4-6(16)8(18)9(19)11(21-4)23-12(3-15)10(20)7(17)5(2-14)22-12;;/h4-11,13-20H,1-3H2;;/q;+1;-1/t4-,5-,6-,7-,8+,9-,10+,11-,12+;;/m1../s1. The van der Waals surface area contributed by atoms with Crippen LogP contribution < -0.4 is 18.9 Å². The predicted molar refractivity (Wildman–Crippen MR) is 69.8 cm³/mol. The van der Waals surface area contributed by atoms with Crippen LogP contribution in [-0.2, 0) is 14.2 Å². The summed E-state index contributed by atoms with van der Waals surface area (Å²) in [7, 11) is 0. The number of aliphatic hydroxyl groups is 8. The van der Waals surface area contributed by atoms with Gasteiger partial charge < -0.3 is 56.5 Å². The van der Waals surface area contributed by atoms with Crippen molar-refractivity contribution in [2.45, 2.75) is 54.8 Å². The average Bonchev–Trinajstić information content (AvgIpc) is 2.80. The Hall–Kier alpha value is 0.157. The van der Waals surface area contributed by atoms with Crippen LogP contribution in [0.1, 0.15) is 1.43 Å². The van der Waals surface area contributed by atoms with Crippen LogP contribution in [0.4, 0.5) is 0 Å². The van der Waals surface area contributed by atoms with E-state index < -0.39 is 74.6 Å². The Kier molecular flexibility index (Phi) is 8.04. The van der Waals surface area contributed by atoms with Crippen molar-refractivity contribution in [1.29, 1.82) is 0 Å². The van der Waals surface area contributed by atoms with Gasteiger partial charge in [0.05, 0.1) is 13.2 Å². The quantitative estimate of drug-likeness (QED) is 0.220. The minimum absolute atomic E-state index is 0. The molecule has 0 aliphatic carbocycles. The Morgan fingerprint density at radius 3 is 1.88 bits per heavy atom. The summed E-state index contributed by atoms with van der Waals surface area (Å²) in [5.74, 6) is -2.22. The molecule has 0 aromatic heterocycles. The van der Waals surface area contributed by atoms with Gasteiger partial charge in [-0.2, -0.15) is 0 Å². The molecule has 2 aliphatic rings. The van der Waals surface area contributed by atoms with Crippen molar-refractivity contribution < 1.29 is 75.4 Å². The fourth-order valence-electron chi connectivity index (χ4n) is 2.63. The van der Waals surface area contributed by atoms with E-state index in [2.05, 4.69) is 0 Å². The Bertz CT molecular complexity index is 405. The number of hydrogen-bond donors (Lipinski definition) is 8. The molecule has 0 bridgehead atoms. The minimum Gasteiger partial charge on any atom is -1.00 e. The van der Waals surface area contributed by atoms with Crippen molar-refractivity contribution in [2.75, 3.05) is 19.8 Å². The zero-order valence-corrected chi connectivity index (χ0v) is 13.0. The maximum atomic E-state index is 10.00. The van der Waals surface area contributed by atoms with Crippen LogP contribution in [0.2, 0.25) is 0 Å². The Balaban J connectivity index is 0.00000288. The summed E-state index contributed by atoms with van der Waals surface area (Å²) in [6.45, 7) is -2.32. The molecule has 2 aliphatic heterocycles. The van der Waals surface area contributed by atoms with E-state index in [1.165, 1.54) is 0 Å². The molecule has 8 N–H and O–H groups in total. The molecule has 2 saturated heterocycles. The molecule has 0 aromatic carbocycles. The summed E-state index contributed by atoms with van der Waals surface area (Å²) < 4.78 is 15.4. The van der Waals surface area contributed by atoms with Crippen LogP contribution in [0.5, 0.6) is 0 Å². The number of ether oxygens (including phenoxy) is 3. The fraction of sp³-hybridized carbons (Fsp3) is 1.00. The molecule has 24 heavy (non-hydrogen) atoms. The molecule has 2 rings (SSSR count). The Morgan fingerprint density at radius 2 is 1.42 bits per heavy atom. The summed E-state index contributed by atoms with van der Waals surface area (Å²) in [6.07, 6.45) is -12.7. The van der Waals surface area contributed by atoms with E-state index in [1.807, 2.05) is 0 Å². The average molecular weight is 350 g/mol. The third kappa shape index (κ3) is 3.79. The van der Waals surface area contributed by atoms with Gasteiger partial charge in [0.2, 0.25) is 5.79 Å². The SMILES string of the molecule is OC[C@H]1O[C@@](CO)(O[C@H]2O[C@H](CO)[C@@H](O)[C@H](O)[C@H]2O)[C@@H](O)[C@@H]1O.[H-].[Li+]. The van der Waals surface area contributed by atoms with Crippen molar-refractivity contribution >= 4 is 0 Å². The molecule has 11 nitrogen and oxygen atoms in total. The molecule has 0 aromatic rings. The molecular weight excluding hydrogens is 327 g/mol. The third-order valence-corrected chi connectivity index (χ3v) is 4.07. The first-order chi connectivity index (χ1) is 10.8. The van der Waals surface area contributed by atoms with E-state index in [4.69, 9.17) is 24.4 Å². The molecular formula is C12H23LiO11. The van der Waals surface area contributed by atoms with Gasteiger partial charge in [-0.05, 0) is 0 Å². The summed E-state index contributed by atoms with van der Waals surface area (Å²) in [4.78, 5) is 0. The first-order valence-corrected chi connectivity index (χ1v) is 7.05. The van der Waals surface area contributed by atoms with Crippen molar-refractivity contribution in [3.8, 4) is 0 Å². The predicted octanol–water partition coefficient (Wildman–Crippen LogP) is -8.28. The zero-order valence-electron chi connectivity index (χ0n) is 14.0. The smallest absolute Gasteiger partial charge is 1.00 e.